The van der Waals surface area contributed by atoms with Crippen LogP contribution in [0.1, 0.15) is 13.3 Å². The highest BCUT2D eigenvalue weighted by atomic mass is 19.1. The van der Waals surface area contributed by atoms with E-state index in [0.29, 0.717) is 13.0 Å². The number of hydrogen-bond acceptors (Lipinski definition) is 3. The minimum absolute atomic E-state index is 0.0348. The molecule has 1 aliphatic rings. The summed E-state index contributed by atoms with van der Waals surface area (Å²) < 4.78 is 18.4. The molecule has 27 heavy (non-hydrogen) atoms. The summed E-state index contributed by atoms with van der Waals surface area (Å²) in [6, 6.07) is 14.1. The number of benzene rings is 2. The molecule has 3 rings (SSSR count). The molecule has 0 spiro atoms. The molecule has 144 valence electrons. The van der Waals surface area contributed by atoms with Crippen LogP contribution in [-0.4, -0.2) is 45.2 Å². The number of piperazine rings is 1. The van der Waals surface area contributed by atoms with Gasteiger partial charge in [-0.15, -0.1) is 0 Å². The molecule has 0 unspecified atom stereocenters. The quantitative estimate of drug-likeness (QED) is 0.781. The maximum absolute atomic E-state index is 13.0. The van der Waals surface area contributed by atoms with E-state index in [2.05, 4.69) is 10.2 Å². The number of carbonyl (C=O) groups is 1. The van der Waals surface area contributed by atoms with Crippen molar-refractivity contribution in [1.29, 1.82) is 0 Å². The lowest BCUT2D eigenvalue weighted by molar-refractivity contribution is -0.900. The molecule has 1 aliphatic heterocycles. The van der Waals surface area contributed by atoms with Gasteiger partial charge in [0.25, 0.3) is 0 Å². The Bertz CT molecular complexity index is 726. The number of anilines is 2. The average molecular weight is 372 g/mol. The zero-order valence-corrected chi connectivity index (χ0v) is 15.7. The van der Waals surface area contributed by atoms with Crippen molar-refractivity contribution in [2.75, 3.05) is 49.5 Å². The number of rotatable bonds is 7. The van der Waals surface area contributed by atoms with Gasteiger partial charge in [-0.3, -0.25) is 4.79 Å². The summed E-state index contributed by atoms with van der Waals surface area (Å²) in [4.78, 5) is 15.9. The van der Waals surface area contributed by atoms with Crippen LogP contribution in [0, 0.1) is 5.82 Å². The molecule has 1 fully saturated rings. The molecule has 0 radical (unpaired) electrons. The van der Waals surface area contributed by atoms with E-state index in [0.717, 1.165) is 49.8 Å². The lowest BCUT2D eigenvalue weighted by Crippen LogP contribution is -3.15. The van der Waals surface area contributed by atoms with Crippen LogP contribution in [0.3, 0.4) is 0 Å². The molecule has 0 aliphatic carbocycles. The van der Waals surface area contributed by atoms with Crippen molar-refractivity contribution in [3.8, 4) is 5.75 Å². The Balaban J connectivity index is 1.39. The third-order valence-electron chi connectivity index (χ3n) is 4.82. The topological polar surface area (TPSA) is 46.0 Å². The largest absolute Gasteiger partial charge is 0.494 e. The number of halogens is 1. The molecular weight excluding hydrogens is 345 g/mol. The van der Waals surface area contributed by atoms with Gasteiger partial charge in [0.2, 0.25) is 5.91 Å². The summed E-state index contributed by atoms with van der Waals surface area (Å²) in [5.41, 5.74) is 1.85. The van der Waals surface area contributed by atoms with Crippen LogP contribution >= 0.6 is 0 Å². The van der Waals surface area contributed by atoms with E-state index in [1.165, 1.54) is 17.0 Å². The number of carbonyl (C=O) groups excluding carboxylic acids is 1. The maximum Gasteiger partial charge on any atom is 0.230 e. The van der Waals surface area contributed by atoms with Gasteiger partial charge in [0.15, 0.2) is 0 Å². The monoisotopic (exact) mass is 372 g/mol. The highest BCUT2D eigenvalue weighted by Crippen LogP contribution is 2.16. The van der Waals surface area contributed by atoms with E-state index >= 15 is 0 Å². The zero-order chi connectivity index (χ0) is 19.1. The van der Waals surface area contributed by atoms with Gasteiger partial charge < -0.3 is 19.9 Å². The third kappa shape index (κ3) is 5.69. The van der Waals surface area contributed by atoms with E-state index in [4.69, 9.17) is 4.74 Å². The second-order valence-electron chi connectivity index (χ2n) is 6.72. The summed E-state index contributed by atoms with van der Waals surface area (Å²) in [6.45, 7) is 7.19. The smallest absolute Gasteiger partial charge is 0.230 e. The van der Waals surface area contributed by atoms with Crippen molar-refractivity contribution in [3.63, 3.8) is 0 Å². The van der Waals surface area contributed by atoms with E-state index in [1.54, 1.807) is 0 Å². The van der Waals surface area contributed by atoms with Crippen molar-refractivity contribution in [2.24, 2.45) is 0 Å². The predicted molar refractivity (Wildman–Crippen MR) is 105 cm³/mol. The van der Waals surface area contributed by atoms with Crippen LogP contribution in [0.5, 0.6) is 5.75 Å². The molecule has 2 N–H and O–H groups in total. The molecule has 1 amide bonds. The molecule has 0 saturated carbocycles. The average Bonchev–Trinajstić information content (AvgIpc) is 2.69. The summed E-state index contributed by atoms with van der Waals surface area (Å²) in [6.07, 6.45) is 0.499. The Labute approximate surface area is 159 Å². The Morgan fingerprint density at radius 3 is 2.41 bits per heavy atom. The molecule has 1 heterocycles. The number of ether oxygens (including phenoxy) is 1. The summed E-state index contributed by atoms with van der Waals surface area (Å²) in [5.74, 6) is 0.633. The molecule has 0 bridgehead atoms. The fraction of sp³-hybridized carbons (Fsp3) is 0.381. The lowest BCUT2D eigenvalue weighted by Gasteiger charge is -2.33. The first-order chi connectivity index (χ1) is 13.1. The molecule has 6 heteroatoms. The van der Waals surface area contributed by atoms with Gasteiger partial charge in [0, 0.05) is 11.4 Å². The highest BCUT2D eigenvalue weighted by Gasteiger charge is 2.20. The maximum atomic E-state index is 13.0. The summed E-state index contributed by atoms with van der Waals surface area (Å²) in [7, 11) is 0. The molecule has 2 aromatic carbocycles. The van der Waals surface area contributed by atoms with Crippen LogP contribution in [0.4, 0.5) is 15.8 Å². The van der Waals surface area contributed by atoms with Crippen LogP contribution in [0.25, 0.3) is 0 Å². The number of amides is 1. The molecule has 5 nitrogen and oxygen atoms in total. The minimum Gasteiger partial charge on any atom is -0.494 e. The van der Waals surface area contributed by atoms with Gasteiger partial charge in [0.1, 0.15) is 11.6 Å². The fourth-order valence-electron chi connectivity index (χ4n) is 3.30. The first-order valence-electron chi connectivity index (χ1n) is 9.51. The summed E-state index contributed by atoms with van der Waals surface area (Å²) >= 11 is 0. The minimum atomic E-state index is -0.207. The highest BCUT2D eigenvalue weighted by molar-refractivity contribution is 5.90. The molecule has 0 atom stereocenters. The van der Waals surface area contributed by atoms with Crippen molar-refractivity contribution >= 4 is 17.3 Å². The van der Waals surface area contributed by atoms with Crippen molar-refractivity contribution in [1.82, 2.24) is 0 Å². The van der Waals surface area contributed by atoms with E-state index in [-0.39, 0.29) is 11.7 Å². The van der Waals surface area contributed by atoms with Crippen LogP contribution < -0.4 is 19.9 Å². The first-order valence-corrected chi connectivity index (χ1v) is 9.51. The van der Waals surface area contributed by atoms with Gasteiger partial charge >= 0.3 is 0 Å². The SMILES string of the molecule is CCOc1ccc(NC(=O)CC[NH+]2CCN(c3ccc(F)cc3)CC2)cc1. The van der Waals surface area contributed by atoms with Crippen molar-refractivity contribution < 1.29 is 18.8 Å². The lowest BCUT2D eigenvalue weighted by atomic mass is 10.2. The number of nitrogens with zero attached hydrogens (tertiary/aromatic N) is 1. The van der Waals surface area contributed by atoms with Crippen LogP contribution in [-0.2, 0) is 4.79 Å². The fourth-order valence-corrected chi connectivity index (χ4v) is 3.30. The molecule has 1 saturated heterocycles. The normalized spacial score (nSPS) is 14.8. The Kier molecular flexibility index (Phi) is 6.65. The number of quaternary nitrogens is 1. The molecule has 0 aromatic heterocycles. The van der Waals surface area contributed by atoms with Crippen LogP contribution in [0.2, 0.25) is 0 Å². The predicted octanol–water partition coefficient (Wildman–Crippen LogP) is 1.96. The van der Waals surface area contributed by atoms with E-state index in [1.807, 2.05) is 43.3 Å². The second kappa shape index (κ2) is 9.37. The number of hydrogen-bond donors (Lipinski definition) is 2. The van der Waals surface area contributed by atoms with Gasteiger partial charge in [0.05, 0.1) is 45.8 Å². The Morgan fingerprint density at radius 2 is 1.78 bits per heavy atom. The number of nitrogens with one attached hydrogen (secondary N) is 2. The standard InChI is InChI=1S/C21H26FN3O2/c1-2-27-20-9-5-18(6-10-20)23-21(26)11-12-24-13-15-25(16-14-24)19-7-3-17(22)4-8-19/h3-10H,2,11-16H2,1H3,(H,23,26)/p+1. The van der Waals surface area contributed by atoms with Gasteiger partial charge in [-0.25, -0.2) is 4.39 Å². The Morgan fingerprint density at radius 1 is 1.11 bits per heavy atom. The van der Waals surface area contributed by atoms with Gasteiger partial charge in [-0.2, -0.15) is 0 Å². The van der Waals surface area contributed by atoms with Gasteiger partial charge in [-0.1, -0.05) is 0 Å². The van der Waals surface area contributed by atoms with Gasteiger partial charge in [-0.05, 0) is 55.5 Å². The molecule has 2 aromatic rings. The van der Waals surface area contributed by atoms with Crippen molar-refractivity contribution in [3.05, 3.63) is 54.3 Å². The molecular formula is C21H27FN3O2+. The van der Waals surface area contributed by atoms with Crippen LogP contribution in [0.15, 0.2) is 48.5 Å². The third-order valence-corrected chi connectivity index (χ3v) is 4.82. The van der Waals surface area contributed by atoms with Crippen molar-refractivity contribution in [2.45, 2.75) is 13.3 Å². The first kappa shape index (κ1) is 19.2. The second-order valence-corrected chi connectivity index (χ2v) is 6.72. The van der Waals surface area contributed by atoms with E-state index < -0.39 is 0 Å². The zero-order valence-electron chi connectivity index (χ0n) is 15.7. The van der Waals surface area contributed by atoms with E-state index in [9.17, 15) is 9.18 Å². The Hall–Kier alpha value is -2.60. The summed E-state index contributed by atoms with van der Waals surface area (Å²) in [5, 5.41) is 2.94.